The number of pyridine rings is 1. The lowest BCUT2D eigenvalue weighted by atomic mass is 10.1. The van der Waals surface area contributed by atoms with E-state index >= 15 is 0 Å². The molecule has 196 valence electrons. The van der Waals surface area contributed by atoms with Crippen LogP contribution in [0.1, 0.15) is 5.56 Å². The molecular formula is C28H24BN3O7. The van der Waals surface area contributed by atoms with Crippen LogP contribution >= 0.6 is 0 Å². The molecule has 1 atom stereocenters. The summed E-state index contributed by atoms with van der Waals surface area (Å²) < 4.78 is 11.4. The normalized spacial score (nSPS) is 13.7. The van der Waals surface area contributed by atoms with Crippen molar-refractivity contribution in [1.29, 1.82) is 0 Å². The Balaban J connectivity index is 1.59. The predicted octanol–water partition coefficient (Wildman–Crippen LogP) is 2.80. The molecule has 3 N–H and O–H groups in total. The Morgan fingerprint density at radius 2 is 1.74 bits per heavy atom. The maximum atomic E-state index is 13.1. The van der Waals surface area contributed by atoms with Crippen molar-refractivity contribution in [2.24, 2.45) is 0 Å². The standard InChI is InChI=1S/C28H24BN3O7/c29-28(37)31-21-11-12-23(19-9-5-2-6-10-19)32(26(21)35)14-13-24(33)30-22(15-18-7-3-1-4-8-18)27(36)39-20-16-25(34)38-17-20/h1-13,16,22,30,33H,14-15,17H2,(H,31,37)/b24-13+/t22-/m1/s1. The molecule has 39 heavy (non-hydrogen) atoms. The molecule has 2 aromatic carbocycles. The largest absolute Gasteiger partial charge is 0.495 e. The van der Waals surface area contributed by atoms with Gasteiger partial charge in [0, 0.05) is 13.0 Å². The number of amides is 1. The van der Waals surface area contributed by atoms with Gasteiger partial charge in [-0.25, -0.2) is 9.59 Å². The summed E-state index contributed by atoms with van der Waals surface area (Å²) in [5.74, 6) is -2.57. The number of benzene rings is 2. The quantitative estimate of drug-likeness (QED) is 0.209. The van der Waals surface area contributed by atoms with E-state index in [0.29, 0.717) is 5.69 Å². The monoisotopic (exact) mass is 525 g/mol. The van der Waals surface area contributed by atoms with Gasteiger partial charge in [0.2, 0.25) is 7.85 Å². The molecule has 1 aliphatic heterocycles. The van der Waals surface area contributed by atoms with E-state index < -0.39 is 29.3 Å². The fourth-order valence-electron chi connectivity index (χ4n) is 3.92. The molecule has 11 heteroatoms. The Labute approximate surface area is 225 Å². The van der Waals surface area contributed by atoms with Gasteiger partial charge in [0.05, 0.1) is 11.8 Å². The van der Waals surface area contributed by atoms with Gasteiger partial charge < -0.3 is 29.8 Å². The minimum Gasteiger partial charge on any atom is -0.495 e. The average Bonchev–Trinajstić information content (AvgIpc) is 3.33. The first-order chi connectivity index (χ1) is 18.8. The first-order valence-corrected chi connectivity index (χ1v) is 11.9. The lowest BCUT2D eigenvalue weighted by Crippen LogP contribution is -2.39. The van der Waals surface area contributed by atoms with E-state index in [1.807, 2.05) is 60.7 Å². The third-order valence-corrected chi connectivity index (χ3v) is 5.73. The minimum absolute atomic E-state index is 0.0323. The number of carbonyl (C=O) groups is 3. The van der Waals surface area contributed by atoms with Gasteiger partial charge in [-0.05, 0) is 29.3 Å². The molecule has 1 aliphatic rings. The molecule has 1 aromatic heterocycles. The van der Waals surface area contributed by atoms with E-state index in [9.17, 15) is 24.3 Å². The van der Waals surface area contributed by atoms with Crippen molar-refractivity contribution in [1.82, 2.24) is 9.88 Å². The van der Waals surface area contributed by atoms with Crippen molar-refractivity contribution in [3.63, 3.8) is 0 Å². The molecule has 1 amide bonds. The van der Waals surface area contributed by atoms with E-state index in [4.69, 9.17) is 17.3 Å². The van der Waals surface area contributed by atoms with Crippen LogP contribution in [0.15, 0.2) is 101 Å². The van der Waals surface area contributed by atoms with Crippen molar-refractivity contribution < 1.29 is 29.0 Å². The van der Waals surface area contributed by atoms with Gasteiger partial charge in [-0.2, -0.15) is 0 Å². The zero-order chi connectivity index (χ0) is 27.8. The van der Waals surface area contributed by atoms with E-state index in [2.05, 4.69) is 10.6 Å². The smallest absolute Gasteiger partial charge is 0.334 e. The van der Waals surface area contributed by atoms with Crippen molar-refractivity contribution in [3.8, 4) is 11.3 Å². The molecule has 0 fully saturated rings. The Morgan fingerprint density at radius 1 is 1.05 bits per heavy atom. The van der Waals surface area contributed by atoms with E-state index in [0.717, 1.165) is 17.2 Å². The van der Waals surface area contributed by atoms with Crippen LogP contribution in [-0.4, -0.2) is 47.9 Å². The van der Waals surface area contributed by atoms with Crippen LogP contribution < -0.4 is 16.2 Å². The number of hydrogen-bond donors (Lipinski definition) is 3. The molecule has 0 unspecified atom stereocenters. The lowest BCUT2D eigenvalue weighted by molar-refractivity contribution is -0.143. The number of aromatic nitrogens is 1. The van der Waals surface area contributed by atoms with Gasteiger partial charge in [0.15, 0.2) is 17.4 Å². The van der Waals surface area contributed by atoms with Gasteiger partial charge in [-0.15, -0.1) is 0 Å². The predicted molar refractivity (Wildman–Crippen MR) is 144 cm³/mol. The summed E-state index contributed by atoms with van der Waals surface area (Å²) in [6.07, 6.45) is 2.55. The van der Waals surface area contributed by atoms with Crippen molar-refractivity contribution >= 4 is 31.3 Å². The zero-order valence-electron chi connectivity index (χ0n) is 20.7. The molecule has 3 aromatic rings. The van der Waals surface area contributed by atoms with E-state index in [1.54, 1.807) is 6.07 Å². The Morgan fingerprint density at radius 3 is 2.38 bits per heavy atom. The Kier molecular flexibility index (Phi) is 8.62. The fourth-order valence-corrected chi connectivity index (χ4v) is 3.92. The van der Waals surface area contributed by atoms with E-state index in [-0.39, 0.29) is 36.9 Å². The molecule has 0 saturated carbocycles. The van der Waals surface area contributed by atoms with Crippen LogP contribution in [0.2, 0.25) is 0 Å². The van der Waals surface area contributed by atoms with Crippen LogP contribution in [0.25, 0.3) is 11.3 Å². The van der Waals surface area contributed by atoms with E-state index in [1.165, 1.54) is 16.7 Å². The molecule has 0 bridgehead atoms. The highest BCUT2D eigenvalue weighted by atomic mass is 16.6. The fraction of sp³-hybridized carbons (Fsp3) is 0.143. The van der Waals surface area contributed by atoms with Crippen LogP contribution in [0, 0.1) is 0 Å². The summed E-state index contributed by atoms with van der Waals surface area (Å²) in [5.41, 5.74) is 1.47. The van der Waals surface area contributed by atoms with Crippen molar-refractivity contribution in [2.45, 2.75) is 19.0 Å². The molecule has 2 heterocycles. The highest BCUT2D eigenvalue weighted by Crippen LogP contribution is 2.19. The number of aliphatic hydroxyl groups is 1. The van der Waals surface area contributed by atoms with Gasteiger partial charge in [0.25, 0.3) is 5.56 Å². The molecule has 2 radical (unpaired) electrons. The third-order valence-electron chi connectivity index (χ3n) is 5.73. The number of ether oxygens (including phenoxy) is 2. The summed E-state index contributed by atoms with van der Waals surface area (Å²) in [6, 6.07) is 20.2. The van der Waals surface area contributed by atoms with Gasteiger partial charge in [-0.1, -0.05) is 60.7 Å². The first-order valence-electron chi connectivity index (χ1n) is 11.9. The summed E-state index contributed by atoms with van der Waals surface area (Å²) in [7, 11) is 5.19. The van der Waals surface area contributed by atoms with Gasteiger partial charge in [0.1, 0.15) is 18.3 Å². The molecule has 0 saturated heterocycles. The number of rotatable bonds is 10. The molecular weight excluding hydrogens is 501 g/mol. The zero-order valence-corrected chi connectivity index (χ0v) is 20.7. The third kappa shape index (κ3) is 7.25. The number of carbonyl (C=O) groups excluding carboxylic acids is 3. The second kappa shape index (κ2) is 12.5. The number of aliphatic hydroxyl groups excluding tert-OH is 1. The average molecular weight is 525 g/mol. The Hall–Kier alpha value is -5.06. The highest BCUT2D eigenvalue weighted by molar-refractivity contribution is 6.60. The molecule has 0 spiro atoms. The second-order valence-electron chi connectivity index (χ2n) is 8.52. The summed E-state index contributed by atoms with van der Waals surface area (Å²) in [5, 5.41) is 15.7. The number of nitrogens with one attached hydrogen (secondary N) is 2. The maximum absolute atomic E-state index is 13.1. The summed E-state index contributed by atoms with van der Waals surface area (Å²) >= 11 is 0. The number of hydrogen-bond acceptors (Lipinski definition) is 8. The maximum Gasteiger partial charge on any atom is 0.334 e. The van der Waals surface area contributed by atoms with Crippen LogP contribution in [0.4, 0.5) is 10.5 Å². The van der Waals surface area contributed by atoms with Crippen LogP contribution in [-0.2, 0) is 32.0 Å². The van der Waals surface area contributed by atoms with Gasteiger partial charge >= 0.3 is 11.9 Å². The van der Waals surface area contributed by atoms with Gasteiger partial charge in [-0.3, -0.25) is 9.59 Å². The van der Waals surface area contributed by atoms with Crippen molar-refractivity contribution in [2.75, 3.05) is 11.9 Å². The van der Waals surface area contributed by atoms with Crippen LogP contribution in [0.5, 0.6) is 0 Å². The minimum atomic E-state index is -1.03. The second-order valence-corrected chi connectivity index (χ2v) is 8.52. The number of nitrogens with zero attached hydrogens (tertiary/aromatic N) is 1. The topological polar surface area (TPSA) is 136 Å². The number of allylic oxidation sites excluding steroid dienone is 1. The number of anilines is 1. The van der Waals surface area contributed by atoms with Crippen LogP contribution in [0.3, 0.4) is 0 Å². The molecule has 4 rings (SSSR count). The summed E-state index contributed by atoms with van der Waals surface area (Å²) in [6.45, 7) is -0.276. The molecule has 10 nitrogen and oxygen atoms in total. The lowest BCUT2D eigenvalue weighted by Gasteiger charge is -2.19. The highest BCUT2D eigenvalue weighted by Gasteiger charge is 2.25. The van der Waals surface area contributed by atoms with Crippen molar-refractivity contribution in [3.05, 3.63) is 113 Å². The number of cyclic esters (lactones) is 1. The number of esters is 2. The molecule has 0 aliphatic carbocycles. The summed E-state index contributed by atoms with van der Waals surface area (Å²) in [4.78, 5) is 48.7. The SMILES string of the molecule is [B]C(=O)Nc1ccc(-c2ccccc2)n(C/C=C(/O)N[C@H](Cc2ccccc2)C(=O)OC2=CC(=O)OC2)c1=O. The first kappa shape index (κ1) is 27.0. The Bertz CT molecular complexity index is 1480.